The summed E-state index contributed by atoms with van der Waals surface area (Å²) in [5, 5.41) is 9.66. The molecule has 1 aromatic heterocycles. The lowest BCUT2D eigenvalue weighted by atomic mass is 10.1. The number of hydrogen-bond donors (Lipinski definition) is 4. The highest BCUT2D eigenvalue weighted by Gasteiger charge is 2.18. The predicted octanol–water partition coefficient (Wildman–Crippen LogP) is 5.16. The van der Waals surface area contributed by atoms with Gasteiger partial charge in [0.05, 0.1) is 16.3 Å². The number of nitrogens with zero attached hydrogens (tertiary/aromatic N) is 3. The lowest BCUT2D eigenvalue weighted by Gasteiger charge is -2.27. The van der Waals surface area contributed by atoms with Gasteiger partial charge < -0.3 is 26.6 Å². The summed E-state index contributed by atoms with van der Waals surface area (Å²) in [7, 11) is 0. The largest absolute Gasteiger partial charge is 0.365 e. The molecular formula is C25H28ClN7O2. The predicted molar refractivity (Wildman–Crippen MR) is 138 cm³/mol. The van der Waals surface area contributed by atoms with Crippen LogP contribution in [0.3, 0.4) is 0 Å². The molecule has 0 aliphatic carbocycles. The fourth-order valence-corrected chi connectivity index (χ4v) is 4.05. The Bertz CT molecular complexity index is 1200. The summed E-state index contributed by atoms with van der Waals surface area (Å²) in [6.45, 7) is 3.43. The topological polar surface area (TPSA) is 125 Å². The Morgan fingerprint density at radius 3 is 2.54 bits per heavy atom. The summed E-state index contributed by atoms with van der Waals surface area (Å²) in [6.07, 6.45) is 4.52. The van der Waals surface area contributed by atoms with E-state index in [9.17, 15) is 9.59 Å². The molecule has 4 rings (SSSR count). The van der Waals surface area contributed by atoms with Crippen molar-refractivity contribution in [2.24, 2.45) is 5.73 Å². The number of halogens is 1. The number of carbonyl (C=O) groups excluding carboxylic acids is 2. The van der Waals surface area contributed by atoms with Gasteiger partial charge in [-0.25, -0.2) is 9.78 Å². The van der Waals surface area contributed by atoms with Gasteiger partial charge in [-0.05, 0) is 49.9 Å². The van der Waals surface area contributed by atoms with Crippen LogP contribution >= 0.6 is 11.6 Å². The normalized spacial score (nSPS) is 14.2. The molecule has 1 fully saturated rings. The number of hydrogen-bond acceptors (Lipinski definition) is 6. The van der Waals surface area contributed by atoms with Crippen LogP contribution in [0.1, 0.15) is 48.1 Å². The summed E-state index contributed by atoms with van der Waals surface area (Å²) in [4.78, 5) is 35.1. The molecule has 3 aromatic rings. The van der Waals surface area contributed by atoms with Gasteiger partial charge in [0.15, 0.2) is 0 Å². The molecule has 1 atom stereocenters. The summed E-state index contributed by atoms with van der Waals surface area (Å²) in [5.74, 6) is -0.0548. The number of nitrogens with two attached hydrogens (primary N) is 1. The van der Waals surface area contributed by atoms with E-state index in [1.165, 1.54) is 6.20 Å². The maximum Gasteiger partial charge on any atom is 0.321 e. The van der Waals surface area contributed by atoms with Crippen LogP contribution in [-0.2, 0) is 0 Å². The molecule has 182 valence electrons. The van der Waals surface area contributed by atoms with Crippen molar-refractivity contribution in [1.82, 2.24) is 14.9 Å². The molecule has 1 aliphatic rings. The van der Waals surface area contributed by atoms with Crippen molar-refractivity contribution < 1.29 is 9.59 Å². The van der Waals surface area contributed by atoms with Crippen molar-refractivity contribution in [2.75, 3.05) is 29.0 Å². The quantitative estimate of drug-likeness (QED) is 0.360. The van der Waals surface area contributed by atoms with Gasteiger partial charge in [0, 0.05) is 31.0 Å². The molecule has 0 radical (unpaired) electrons. The Balaban J connectivity index is 1.52. The first kappa shape index (κ1) is 24.3. The Kier molecular flexibility index (Phi) is 7.67. The van der Waals surface area contributed by atoms with Gasteiger partial charge in [0.25, 0.3) is 5.91 Å². The number of benzene rings is 2. The molecule has 35 heavy (non-hydrogen) atoms. The molecule has 0 bridgehead atoms. The van der Waals surface area contributed by atoms with E-state index in [-0.39, 0.29) is 23.6 Å². The fraction of sp³-hybridized carbons (Fsp3) is 0.280. The number of anilines is 4. The van der Waals surface area contributed by atoms with Crippen LogP contribution in [-0.4, -0.2) is 39.9 Å². The van der Waals surface area contributed by atoms with E-state index in [0.717, 1.165) is 37.9 Å². The molecule has 0 unspecified atom stereocenters. The molecular weight excluding hydrogens is 466 g/mol. The van der Waals surface area contributed by atoms with Crippen LogP contribution in [0.15, 0.2) is 54.7 Å². The van der Waals surface area contributed by atoms with Crippen LogP contribution in [0.2, 0.25) is 5.02 Å². The fourth-order valence-electron chi connectivity index (χ4n) is 3.88. The summed E-state index contributed by atoms with van der Waals surface area (Å²) in [6, 6.07) is 14.6. The number of primary amides is 1. The summed E-state index contributed by atoms with van der Waals surface area (Å²) < 4.78 is 0. The molecule has 0 spiro atoms. The molecule has 5 N–H and O–H groups in total. The van der Waals surface area contributed by atoms with Crippen molar-refractivity contribution in [3.8, 4) is 0 Å². The lowest BCUT2D eigenvalue weighted by molar-refractivity contribution is 0.100. The van der Waals surface area contributed by atoms with Gasteiger partial charge in [0.1, 0.15) is 5.82 Å². The van der Waals surface area contributed by atoms with Crippen molar-refractivity contribution in [3.05, 3.63) is 70.9 Å². The van der Waals surface area contributed by atoms with E-state index < -0.39 is 5.91 Å². The minimum absolute atomic E-state index is 0.121. The van der Waals surface area contributed by atoms with Gasteiger partial charge in [0.2, 0.25) is 5.95 Å². The Morgan fingerprint density at radius 1 is 1.09 bits per heavy atom. The molecule has 1 aliphatic heterocycles. The van der Waals surface area contributed by atoms with E-state index in [4.69, 9.17) is 17.3 Å². The second-order valence-electron chi connectivity index (χ2n) is 8.39. The molecule has 1 saturated heterocycles. The van der Waals surface area contributed by atoms with Crippen LogP contribution < -0.4 is 21.7 Å². The smallest absolute Gasteiger partial charge is 0.321 e. The SMILES string of the molecule is C[C@@H](Nc1nc(Nc2ccc(Cl)c(NC(=O)N3CCCCC3)c2)ncc1C(N)=O)c1ccccc1. The summed E-state index contributed by atoms with van der Waals surface area (Å²) >= 11 is 6.32. The van der Waals surface area contributed by atoms with Crippen molar-refractivity contribution >= 4 is 46.7 Å². The Labute approximate surface area is 209 Å². The first-order chi connectivity index (χ1) is 16.9. The zero-order chi connectivity index (χ0) is 24.8. The van der Waals surface area contributed by atoms with E-state index in [0.29, 0.717) is 22.2 Å². The van der Waals surface area contributed by atoms with E-state index in [2.05, 4.69) is 25.9 Å². The average Bonchev–Trinajstić information content (AvgIpc) is 2.87. The highest BCUT2D eigenvalue weighted by molar-refractivity contribution is 6.33. The first-order valence-electron chi connectivity index (χ1n) is 11.5. The number of urea groups is 1. The molecule has 2 aromatic carbocycles. The number of likely N-dealkylation sites (tertiary alicyclic amines) is 1. The van der Waals surface area contributed by atoms with E-state index >= 15 is 0 Å². The highest BCUT2D eigenvalue weighted by atomic mass is 35.5. The molecule has 9 nitrogen and oxygen atoms in total. The molecule has 10 heteroatoms. The highest BCUT2D eigenvalue weighted by Crippen LogP contribution is 2.28. The van der Waals surface area contributed by atoms with Crippen molar-refractivity contribution in [3.63, 3.8) is 0 Å². The van der Waals surface area contributed by atoms with Gasteiger partial charge >= 0.3 is 6.03 Å². The molecule has 2 heterocycles. The van der Waals surface area contributed by atoms with Crippen LogP contribution in [0.4, 0.5) is 27.9 Å². The number of aromatic nitrogens is 2. The Morgan fingerprint density at radius 2 is 1.83 bits per heavy atom. The summed E-state index contributed by atoms with van der Waals surface area (Å²) in [5.41, 5.74) is 7.86. The first-order valence-corrected chi connectivity index (χ1v) is 11.9. The second kappa shape index (κ2) is 11.1. The minimum atomic E-state index is -0.631. The van der Waals surface area contributed by atoms with Gasteiger partial charge in [-0.1, -0.05) is 41.9 Å². The minimum Gasteiger partial charge on any atom is -0.365 e. The molecule has 0 saturated carbocycles. The van der Waals surface area contributed by atoms with Crippen molar-refractivity contribution in [1.29, 1.82) is 0 Å². The molecule has 3 amide bonds. The number of nitrogens with one attached hydrogen (secondary N) is 3. The third-order valence-electron chi connectivity index (χ3n) is 5.81. The average molecular weight is 494 g/mol. The van der Waals surface area contributed by atoms with E-state index in [1.54, 1.807) is 23.1 Å². The van der Waals surface area contributed by atoms with Crippen LogP contribution in [0, 0.1) is 0 Å². The third-order valence-corrected chi connectivity index (χ3v) is 6.14. The lowest BCUT2D eigenvalue weighted by Crippen LogP contribution is -2.38. The van der Waals surface area contributed by atoms with Gasteiger partial charge in [-0.3, -0.25) is 4.79 Å². The third kappa shape index (κ3) is 6.19. The number of piperidine rings is 1. The number of rotatable bonds is 7. The maximum atomic E-state index is 12.6. The van der Waals surface area contributed by atoms with Crippen LogP contribution in [0.25, 0.3) is 0 Å². The van der Waals surface area contributed by atoms with E-state index in [1.807, 2.05) is 37.3 Å². The maximum absolute atomic E-state index is 12.6. The monoisotopic (exact) mass is 493 g/mol. The van der Waals surface area contributed by atoms with Gasteiger partial charge in [-0.15, -0.1) is 0 Å². The second-order valence-corrected chi connectivity index (χ2v) is 8.80. The number of carbonyl (C=O) groups is 2. The van der Waals surface area contributed by atoms with Crippen LogP contribution in [0.5, 0.6) is 0 Å². The van der Waals surface area contributed by atoms with Crippen molar-refractivity contribution in [2.45, 2.75) is 32.2 Å². The zero-order valence-electron chi connectivity index (χ0n) is 19.4. The number of amides is 3. The van der Waals surface area contributed by atoms with Gasteiger partial charge in [-0.2, -0.15) is 4.98 Å². The Hall–Kier alpha value is -3.85. The zero-order valence-corrected chi connectivity index (χ0v) is 20.2. The standard InChI is InChI=1S/C25H28ClN7O2/c1-16(17-8-4-2-5-9-17)29-23-19(22(27)34)15-28-24(32-23)30-18-10-11-20(26)21(14-18)31-25(35)33-12-6-3-7-13-33/h2,4-5,8-11,14-16H,3,6-7,12-13H2,1H3,(H2,27,34)(H,31,35)(H2,28,29,30,32)/t16-/m1/s1.